The fourth-order valence-electron chi connectivity index (χ4n) is 2.94. The molecule has 114 valence electrons. The lowest BCUT2D eigenvalue weighted by Gasteiger charge is -2.21. The molecule has 0 aliphatic rings. The van der Waals surface area contributed by atoms with Crippen molar-refractivity contribution in [2.45, 2.75) is 39.5 Å². The van der Waals surface area contributed by atoms with Crippen LogP contribution in [-0.4, -0.2) is 14.5 Å². The minimum absolute atomic E-state index is 0.465. The second-order valence-electron chi connectivity index (χ2n) is 6.30. The molecule has 0 atom stereocenters. The first-order chi connectivity index (χ1) is 10.6. The van der Waals surface area contributed by atoms with Crippen molar-refractivity contribution in [2.24, 2.45) is 0 Å². The van der Waals surface area contributed by atoms with Gasteiger partial charge in [0.05, 0.1) is 11.4 Å². The van der Waals surface area contributed by atoms with Gasteiger partial charge in [0.2, 0.25) is 0 Å². The molecule has 2 aromatic heterocycles. The van der Waals surface area contributed by atoms with Crippen LogP contribution in [0.1, 0.15) is 50.7 Å². The molecule has 1 aromatic carbocycles. The maximum atomic E-state index is 4.57. The minimum Gasteiger partial charge on any atom is -0.359 e. The van der Waals surface area contributed by atoms with Gasteiger partial charge in [-0.15, -0.1) is 0 Å². The van der Waals surface area contributed by atoms with Crippen LogP contribution in [0.2, 0.25) is 0 Å². The van der Waals surface area contributed by atoms with E-state index in [4.69, 9.17) is 0 Å². The molecule has 0 unspecified atom stereocenters. The van der Waals surface area contributed by atoms with Gasteiger partial charge in [-0.1, -0.05) is 45.9 Å². The summed E-state index contributed by atoms with van der Waals surface area (Å²) < 4.78 is 2.22. The van der Waals surface area contributed by atoms with E-state index in [-0.39, 0.29) is 0 Å². The number of nitrogens with one attached hydrogen (secondary N) is 1. The van der Waals surface area contributed by atoms with E-state index in [0.717, 1.165) is 11.5 Å². The van der Waals surface area contributed by atoms with Crippen molar-refractivity contribution in [3.8, 4) is 17.2 Å². The molecule has 0 fully saturated rings. The summed E-state index contributed by atoms with van der Waals surface area (Å²) in [6, 6.07) is 10.7. The molecular formula is C19H23N3. The van der Waals surface area contributed by atoms with Gasteiger partial charge < -0.3 is 4.98 Å². The Kier molecular flexibility index (Phi) is 3.88. The number of imidazole rings is 1. The summed E-state index contributed by atoms with van der Waals surface area (Å²) in [5.41, 5.74) is 5.03. The van der Waals surface area contributed by atoms with Gasteiger partial charge >= 0.3 is 0 Å². The highest BCUT2D eigenvalue weighted by Crippen LogP contribution is 2.33. The zero-order valence-electron chi connectivity index (χ0n) is 13.7. The van der Waals surface area contributed by atoms with Crippen molar-refractivity contribution in [2.75, 3.05) is 0 Å². The second kappa shape index (κ2) is 5.84. The lowest BCUT2D eigenvalue weighted by molar-refractivity contribution is 0.806. The van der Waals surface area contributed by atoms with Gasteiger partial charge in [-0.3, -0.25) is 4.57 Å². The summed E-state index contributed by atoms with van der Waals surface area (Å²) in [6.45, 7) is 8.98. The molecule has 2 heterocycles. The van der Waals surface area contributed by atoms with Crippen LogP contribution in [-0.2, 0) is 0 Å². The molecule has 0 radical (unpaired) electrons. The van der Waals surface area contributed by atoms with E-state index in [1.54, 1.807) is 0 Å². The van der Waals surface area contributed by atoms with E-state index in [0.29, 0.717) is 11.8 Å². The highest BCUT2D eigenvalue weighted by molar-refractivity contribution is 5.59. The number of benzene rings is 1. The van der Waals surface area contributed by atoms with Gasteiger partial charge in [-0.05, 0) is 35.1 Å². The van der Waals surface area contributed by atoms with E-state index in [1.807, 2.05) is 18.5 Å². The third-order valence-corrected chi connectivity index (χ3v) is 4.06. The molecule has 0 spiro atoms. The number of nitrogens with zero attached hydrogens (tertiary/aromatic N) is 2. The zero-order chi connectivity index (χ0) is 15.7. The van der Waals surface area contributed by atoms with Crippen molar-refractivity contribution in [3.63, 3.8) is 0 Å². The van der Waals surface area contributed by atoms with Crippen molar-refractivity contribution in [3.05, 3.63) is 60.0 Å². The summed E-state index contributed by atoms with van der Waals surface area (Å²) in [5.74, 6) is 1.89. The molecule has 3 aromatic rings. The average molecular weight is 293 g/mol. The number of aromatic amines is 1. The SMILES string of the molecule is CC(C)c1cccc(C(C)C)c1-n1ccnc1-c1ccc[nH]1. The number of H-pyrrole nitrogens is 1. The average Bonchev–Trinajstić information content (AvgIpc) is 3.16. The smallest absolute Gasteiger partial charge is 0.161 e. The van der Waals surface area contributed by atoms with Gasteiger partial charge in [0, 0.05) is 18.6 Å². The van der Waals surface area contributed by atoms with Crippen molar-refractivity contribution in [1.29, 1.82) is 0 Å². The molecule has 3 nitrogen and oxygen atoms in total. The van der Waals surface area contributed by atoms with Crippen molar-refractivity contribution < 1.29 is 0 Å². The Morgan fingerprint density at radius 3 is 2.18 bits per heavy atom. The number of rotatable bonds is 4. The zero-order valence-corrected chi connectivity index (χ0v) is 13.7. The molecule has 0 saturated heterocycles. The van der Waals surface area contributed by atoms with Crippen LogP contribution >= 0.6 is 0 Å². The number of para-hydroxylation sites is 1. The molecular weight excluding hydrogens is 270 g/mol. The fourth-order valence-corrected chi connectivity index (χ4v) is 2.94. The Bertz CT molecular complexity index is 723. The van der Waals surface area contributed by atoms with Crippen LogP contribution in [0, 0.1) is 0 Å². The van der Waals surface area contributed by atoms with Crippen molar-refractivity contribution in [1.82, 2.24) is 14.5 Å². The largest absolute Gasteiger partial charge is 0.359 e. The van der Waals surface area contributed by atoms with Gasteiger partial charge in [-0.2, -0.15) is 0 Å². The maximum Gasteiger partial charge on any atom is 0.161 e. The van der Waals surface area contributed by atoms with Crippen LogP contribution in [0.25, 0.3) is 17.2 Å². The maximum absolute atomic E-state index is 4.57. The molecule has 3 rings (SSSR count). The molecule has 0 saturated carbocycles. The number of aromatic nitrogens is 3. The molecule has 0 bridgehead atoms. The molecule has 0 aliphatic heterocycles. The standard InChI is InChI=1S/C19H23N3/c1-13(2)15-7-5-8-16(14(3)4)18(15)22-12-11-21-19(22)17-9-6-10-20-17/h5-14,20H,1-4H3. The van der Waals surface area contributed by atoms with Crippen LogP contribution in [0.4, 0.5) is 0 Å². The van der Waals surface area contributed by atoms with Gasteiger partial charge in [0.15, 0.2) is 5.82 Å². The highest BCUT2D eigenvalue weighted by atomic mass is 15.1. The molecule has 3 heteroatoms. The Labute approximate surface area is 132 Å². The normalized spacial score (nSPS) is 11.5. The molecule has 1 N–H and O–H groups in total. The Morgan fingerprint density at radius 1 is 0.955 bits per heavy atom. The summed E-state index contributed by atoms with van der Waals surface area (Å²) in [7, 11) is 0. The van der Waals surface area contributed by atoms with Gasteiger partial charge in [0.1, 0.15) is 0 Å². The molecule has 22 heavy (non-hydrogen) atoms. The predicted octanol–water partition coefficient (Wildman–Crippen LogP) is 5.11. The predicted molar refractivity (Wildman–Crippen MR) is 91.5 cm³/mol. The van der Waals surface area contributed by atoms with E-state index in [2.05, 4.69) is 72.7 Å². The lowest BCUT2D eigenvalue weighted by Crippen LogP contribution is -2.07. The molecule has 0 aliphatic carbocycles. The second-order valence-corrected chi connectivity index (χ2v) is 6.30. The summed E-state index contributed by atoms with van der Waals surface area (Å²) in [5, 5.41) is 0. The van der Waals surface area contributed by atoms with E-state index in [1.165, 1.54) is 16.8 Å². The van der Waals surface area contributed by atoms with Gasteiger partial charge in [0.25, 0.3) is 0 Å². The third-order valence-electron chi connectivity index (χ3n) is 4.06. The first kappa shape index (κ1) is 14.6. The quantitative estimate of drug-likeness (QED) is 0.712. The third kappa shape index (κ3) is 2.47. The Hall–Kier alpha value is -2.29. The number of hydrogen-bond donors (Lipinski definition) is 1. The topological polar surface area (TPSA) is 33.6 Å². The number of hydrogen-bond acceptors (Lipinski definition) is 1. The Balaban J connectivity index is 2.27. The highest BCUT2D eigenvalue weighted by Gasteiger charge is 2.18. The van der Waals surface area contributed by atoms with Crippen LogP contribution in [0.5, 0.6) is 0 Å². The summed E-state index contributed by atoms with van der Waals surface area (Å²) in [6.07, 6.45) is 5.87. The lowest BCUT2D eigenvalue weighted by atomic mass is 9.92. The van der Waals surface area contributed by atoms with E-state index in [9.17, 15) is 0 Å². The van der Waals surface area contributed by atoms with E-state index < -0.39 is 0 Å². The molecule has 0 amide bonds. The monoisotopic (exact) mass is 293 g/mol. The van der Waals surface area contributed by atoms with Crippen LogP contribution in [0.15, 0.2) is 48.9 Å². The van der Waals surface area contributed by atoms with Crippen LogP contribution in [0.3, 0.4) is 0 Å². The van der Waals surface area contributed by atoms with Crippen molar-refractivity contribution >= 4 is 0 Å². The van der Waals surface area contributed by atoms with Gasteiger partial charge in [-0.25, -0.2) is 4.98 Å². The van der Waals surface area contributed by atoms with E-state index >= 15 is 0 Å². The first-order valence-corrected chi connectivity index (χ1v) is 7.90. The first-order valence-electron chi connectivity index (χ1n) is 7.90. The summed E-state index contributed by atoms with van der Waals surface area (Å²) in [4.78, 5) is 7.83. The fraction of sp³-hybridized carbons (Fsp3) is 0.316. The Morgan fingerprint density at radius 2 is 1.64 bits per heavy atom. The van der Waals surface area contributed by atoms with Crippen LogP contribution < -0.4 is 0 Å². The minimum atomic E-state index is 0.465. The summed E-state index contributed by atoms with van der Waals surface area (Å²) >= 11 is 0.